The summed E-state index contributed by atoms with van der Waals surface area (Å²) in [5.74, 6) is 1.62. The average molecular weight is 532 g/mol. The van der Waals surface area contributed by atoms with Gasteiger partial charge in [0.2, 0.25) is 5.91 Å². The topological polar surface area (TPSA) is 115 Å². The number of pyridine rings is 2. The first-order valence-corrected chi connectivity index (χ1v) is 14.2. The van der Waals surface area contributed by atoms with Crippen molar-refractivity contribution in [2.24, 2.45) is 17.8 Å². The first kappa shape index (κ1) is 28.5. The molecule has 208 valence electrons. The molecule has 8 heteroatoms. The van der Waals surface area contributed by atoms with Gasteiger partial charge in [0, 0.05) is 67.4 Å². The molecule has 8 nitrogen and oxygen atoms in total. The van der Waals surface area contributed by atoms with E-state index in [9.17, 15) is 9.59 Å². The zero-order chi connectivity index (χ0) is 27.6. The Hall–Kier alpha value is -3.52. The van der Waals surface area contributed by atoms with Crippen LogP contribution < -0.4 is 0 Å². The molecule has 1 aliphatic heterocycles. The molecule has 39 heavy (non-hydrogen) atoms. The van der Waals surface area contributed by atoms with Crippen molar-refractivity contribution in [2.75, 3.05) is 13.2 Å². The van der Waals surface area contributed by atoms with Crippen molar-refractivity contribution in [2.45, 2.75) is 65.3 Å². The van der Waals surface area contributed by atoms with Crippen LogP contribution in [0.1, 0.15) is 64.4 Å². The van der Waals surface area contributed by atoms with Crippen LogP contribution in [0.15, 0.2) is 55.1 Å². The zero-order valence-electron chi connectivity index (χ0n) is 23.1. The predicted molar refractivity (Wildman–Crippen MR) is 154 cm³/mol. The van der Waals surface area contributed by atoms with Gasteiger partial charge in [-0.3, -0.25) is 9.59 Å². The number of hydrogen-bond acceptors (Lipinski definition) is 5. The summed E-state index contributed by atoms with van der Waals surface area (Å²) >= 11 is 0. The Morgan fingerprint density at radius 3 is 2.41 bits per heavy atom. The number of aromatic nitrogens is 4. The second kappa shape index (κ2) is 14.0. The third-order valence-corrected chi connectivity index (χ3v) is 7.69. The Kier molecular flexibility index (Phi) is 10.3. The van der Waals surface area contributed by atoms with E-state index >= 15 is 0 Å². The number of ketones is 1. The number of hydrogen-bond donors (Lipinski definition) is 3. The summed E-state index contributed by atoms with van der Waals surface area (Å²) in [4.78, 5) is 39.7. The second-order valence-electron chi connectivity index (χ2n) is 10.7. The fraction of sp³-hybridized carbons (Fsp3) is 0.484. The molecule has 3 unspecified atom stereocenters. The number of H-pyrrole nitrogens is 2. The van der Waals surface area contributed by atoms with Gasteiger partial charge >= 0.3 is 0 Å². The average Bonchev–Trinajstić information content (AvgIpc) is 3.73. The van der Waals surface area contributed by atoms with Crippen LogP contribution >= 0.6 is 0 Å². The van der Waals surface area contributed by atoms with Crippen LogP contribution in [0.3, 0.4) is 0 Å². The molecule has 4 aromatic heterocycles. The van der Waals surface area contributed by atoms with Crippen molar-refractivity contribution in [3.63, 3.8) is 0 Å². The van der Waals surface area contributed by atoms with E-state index in [2.05, 4.69) is 39.8 Å². The van der Waals surface area contributed by atoms with Gasteiger partial charge in [-0.2, -0.15) is 0 Å². The van der Waals surface area contributed by atoms with Gasteiger partial charge in [0.25, 0.3) is 0 Å². The monoisotopic (exact) mass is 531 g/mol. The highest BCUT2D eigenvalue weighted by Crippen LogP contribution is 2.30. The lowest BCUT2D eigenvalue weighted by Gasteiger charge is -2.16. The van der Waals surface area contributed by atoms with Crippen LogP contribution in [0.5, 0.6) is 0 Å². The van der Waals surface area contributed by atoms with Gasteiger partial charge < -0.3 is 20.0 Å². The van der Waals surface area contributed by atoms with Crippen LogP contribution in [0.25, 0.3) is 22.1 Å². The van der Waals surface area contributed by atoms with Crippen molar-refractivity contribution in [3.05, 3.63) is 60.7 Å². The van der Waals surface area contributed by atoms with E-state index in [1.807, 2.05) is 41.6 Å². The fourth-order valence-electron chi connectivity index (χ4n) is 5.71. The van der Waals surface area contributed by atoms with Gasteiger partial charge in [-0.25, -0.2) is 9.97 Å². The molecule has 1 saturated carbocycles. The molecule has 4 aromatic rings. The molecular weight excluding hydrogens is 490 g/mol. The van der Waals surface area contributed by atoms with E-state index in [1.54, 1.807) is 12.4 Å². The zero-order valence-corrected chi connectivity index (χ0v) is 23.1. The number of aromatic amines is 2. The van der Waals surface area contributed by atoms with E-state index in [1.165, 1.54) is 0 Å². The summed E-state index contributed by atoms with van der Waals surface area (Å²) in [6, 6.07) is 9.95. The summed E-state index contributed by atoms with van der Waals surface area (Å²) in [6.07, 6.45) is 14.4. The summed E-state index contributed by atoms with van der Waals surface area (Å²) < 4.78 is 0. The number of likely N-dealkylation sites (tertiary alicyclic amines) is 1. The van der Waals surface area contributed by atoms with E-state index in [0.717, 1.165) is 66.3 Å². The largest absolute Gasteiger partial charge is 0.396 e. The minimum atomic E-state index is -0.0356. The third-order valence-electron chi connectivity index (χ3n) is 7.69. The molecular formula is C31H41N5O3. The molecule has 0 bridgehead atoms. The number of Topliss-reactive ketones (excluding diaryl/α,β-unsaturated/α-hetero) is 1. The number of carbonyl (C=O) groups is 2. The number of nitrogens with zero attached hydrogens (tertiary/aromatic N) is 3. The van der Waals surface area contributed by atoms with Crippen LogP contribution in [0.4, 0.5) is 0 Å². The van der Waals surface area contributed by atoms with Gasteiger partial charge in [0.15, 0.2) is 0 Å². The van der Waals surface area contributed by atoms with E-state index in [-0.39, 0.29) is 24.2 Å². The quantitative estimate of drug-likeness (QED) is 0.285. The van der Waals surface area contributed by atoms with Gasteiger partial charge in [0.1, 0.15) is 17.1 Å². The highest BCUT2D eigenvalue weighted by atomic mass is 16.3. The van der Waals surface area contributed by atoms with Crippen LogP contribution in [-0.2, 0) is 16.1 Å². The number of carbonyl (C=O) groups excluding carboxylic acids is 2. The van der Waals surface area contributed by atoms with Crippen LogP contribution in [0, 0.1) is 17.8 Å². The first-order valence-electron chi connectivity index (χ1n) is 14.2. The molecule has 3 N–H and O–H groups in total. The van der Waals surface area contributed by atoms with Crippen molar-refractivity contribution in [1.29, 1.82) is 0 Å². The molecule has 1 saturated heterocycles. The smallest absolute Gasteiger partial charge is 0.223 e. The summed E-state index contributed by atoms with van der Waals surface area (Å²) in [5, 5.41) is 11.1. The minimum absolute atomic E-state index is 0.0356. The molecule has 0 aromatic carbocycles. The number of amides is 1. The fourth-order valence-corrected chi connectivity index (χ4v) is 5.71. The lowest BCUT2D eigenvalue weighted by atomic mass is 10.0. The molecule has 3 atom stereocenters. The molecule has 2 fully saturated rings. The SMILES string of the molecule is CCCC1CC(=O)C(CO)C1.CCCC1CC(=O)N(Cc2c[nH]c3ncccc23)C1.c1cnc2[nH]ccc2c1. The molecule has 5 heterocycles. The highest BCUT2D eigenvalue weighted by molar-refractivity contribution is 5.83. The highest BCUT2D eigenvalue weighted by Gasteiger charge is 2.31. The lowest BCUT2D eigenvalue weighted by Crippen LogP contribution is -2.24. The number of aliphatic hydroxyl groups excluding tert-OH is 1. The Balaban J connectivity index is 0.000000149. The maximum Gasteiger partial charge on any atom is 0.223 e. The maximum atomic E-state index is 12.0. The Morgan fingerprint density at radius 1 is 0.949 bits per heavy atom. The number of fused-ring (bicyclic) bond motifs is 2. The maximum absolute atomic E-state index is 12.0. The van der Waals surface area contributed by atoms with Crippen molar-refractivity contribution in [3.8, 4) is 0 Å². The minimum Gasteiger partial charge on any atom is -0.396 e. The summed E-state index contributed by atoms with van der Waals surface area (Å²) in [6.45, 7) is 5.97. The molecule has 6 rings (SSSR count). The van der Waals surface area contributed by atoms with Crippen molar-refractivity contribution < 1.29 is 14.7 Å². The van der Waals surface area contributed by atoms with E-state index < -0.39 is 0 Å². The standard InChI is InChI=1S/C15H19N3O.C9H16O2.C7H6N2/c1-2-4-11-7-14(19)18(9-11)10-12-8-17-15-13(12)5-3-6-16-15;1-2-3-7-4-8(6-10)9(11)5-7;1-2-6-3-5-9-7(6)8-4-1/h3,5-6,8,11H,2,4,7,9-10H2,1H3,(H,16,17);7-8,10H,2-6H2,1H3;1-5H,(H,8,9). The Labute approximate surface area is 230 Å². The number of rotatable bonds is 7. The van der Waals surface area contributed by atoms with Gasteiger partial charge in [-0.05, 0) is 60.6 Å². The molecule has 1 amide bonds. The summed E-state index contributed by atoms with van der Waals surface area (Å²) in [5.41, 5.74) is 3.01. The Bertz CT molecular complexity index is 1320. The van der Waals surface area contributed by atoms with Crippen molar-refractivity contribution in [1.82, 2.24) is 24.8 Å². The van der Waals surface area contributed by atoms with E-state index in [0.29, 0.717) is 31.2 Å². The number of aliphatic hydroxyl groups is 1. The van der Waals surface area contributed by atoms with Crippen LogP contribution in [0.2, 0.25) is 0 Å². The molecule has 0 radical (unpaired) electrons. The van der Waals surface area contributed by atoms with Gasteiger partial charge in [-0.1, -0.05) is 33.1 Å². The van der Waals surface area contributed by atoms with Gasteiger partial charge in [0.05, 0.1) is 6.61 Å². The predicted octanol–water partition coefficient (Wildman–Crippen LogP) is 5.65. The molecule has 0 spiro atoms. The van der Waals surface area contributed by atoms with E-state index in [4.69, 9.17) is 5.11 Å². The molecule has 2 aliphatic rings. The lowest BCUT2D eigenvalue weighted by molar-refractivity contribution is -0.128. The number of nitrogens with one attached hydrogen (secondary N) is 2. The Morgan fingerprint density at radius 2 is 1.69 bits per heavy atom. The normalized spacial score (nSPS) is 20.7. The van der Waals surface area contributed by atoms with Crippen molar-refractivity contribution >= 4 is 33.8 Å². The molecule has 1 aliphatic carbocycles. The van der Waals surface area contributed by atoms with Crippen LogP contribution in [-0.4, -0.2) is 54.8 Å². The second-order valence-corrected chi connectivity index (χ2v) is 10.7. The summed E-state index contributed by atoms with van der Waals surface area (Å²) in [7, 11) is 0. The van der Waals surface area contributed by atoms with Gasteiger partial charge in [-0.15, -0.1) is 0 Å². The first-order chi connectivity index (χ1) is 19.0. The third kappa shape index (κ3) is 7.53.